The van der Waals surface area contributed by atoms with Gasteiger partial charge in [0.05, 0.1) is 7.11 Å². The first-order valence-electron chi connectivity index (χ1n) is 5.06. The zero-order valence-electron chi connectivity index (χ0n) is 9.78. The Kier molecular flexibility index (Phi) is 4.28. The van der Waals surface area contributed by atoms with Gasteiger partial charge in [0.2, 0.25) is 0 Å². The summed E-state index contributed by atoms with van der Waals surface area (Å²) in [5, 5.41) is 3.34. The first kappa shape index (κ1) is 12.2. The summed E-state index contributed by atoms with van der Waals surface area (Å²) < 4.78 is 5.31. The maximum Gasteiger partial charge on any atom is 0.122 e. The highest BCUT2D eigenvalue weighted by atomic mass is 35.5. The first-order chi connectivity index (χ1) is 7.11. The second-order valence-corrected chi connectivity index (χ2v) is 4.01. The molecule has 0 saturated carbocycles. The molecule has 0 amide bonds. The third kappa shape index (κ3) is 2.57. The van der Waals surface area contributed by atoms with Gasteiger partial charge >= 0.3 is 0 Å². The van der Waals surface area contributed by atoms with Gasteiger partial charge in [0, 0.05) is 18.1 Å². The van der Waals surface area contributed by atoms with Crippen molar-refractivity contribution in [2.75, 3.05) is 24.9 Å². The number of hydrogen-bond donors (Lipinski definition) is 1. The molecule has 0 heterocycles. The Balaban J connectivity index is 3.11. The van der Waals surface area contributed by atoms with Crippen LogP contribution < -0.4 is 10.1 Å². The minimum absolute atomic E-state index is 0.615. The van der Waals surface area contributed by atoms with Gasteiger partial charge in [-0.05, 0) is 43.5 Å². The van der Waals surface area contributed by atoms with Crippen molar-refractivity contribution in [3.63, 3.8) is 0 Å². The Labute approximate surface area is 96.6 Å². The Bertz CT molecular complexity index is 350. The summed E-state index contributed by atoms with van der Waals surface area (Å²) in [6, 6.07) is 2.05. The van der Waals surface area contributed by atoms with Crippen LogP contribution in [-0.2, 0) is 0 Å². The number of anilines is 1. The van der Waals surface area contributed by atoms with Gasteiger partial charge in [-0.3, -0.25) is 0 Å². The average Bonchev–Trinajstić information content (AvgIpc) is 2.23. The molecule has 1 rings (SSSR count). The summed E-state index contributed by atoms with van der Waals surface area (Å²) in [7, 11) is 1.70. The van der Waals surface area contributed by atoms with Crippen LogP contribution in [0.2, 0.25) is 0 Å². The zero-order valence-corrected chi connectivity index (χ0v) is 10.5. The molecule has 0 saturated heterocycles. The summed E-state index contributed by atoms with van der Waals surface area (Å²) >= 11 is 5.67. The van der Waals surface area contributed by atoms with Gasteiger partial charge in [-0.1, -0.05) is 0 Å². The van der Waals surface area contributed by atoms with Crippen LogP contribution in [0, 0.1) is 20.8 Å². The fourth-order valence-electron chi connectivity index (χ4n) is 1.70. The van der Waals surface area contributed by atoms with Crippen LogP contribution in [-0.4, -0.2) is 19.5 Å². The van der Waals surface area contributed by atoms with E-state index in [2.05, 4.69) is 32.2 Å². The molecule has 1 N–H and O–H groups in total. The minimum Gasteiger partial charge on any atom is -0.496 e. The summed E-state index contributed by atoms with van der Waals surface area (Å²) in [6.45, 7) is 7.03. The topological polar surface area (TPSA) is 21.3 Å². The van der Waals surface area contributed by atoms with Crippen molar-refractivity contribution in [3.05, 3.63) is 22.8 Å². The lowest BCUT2D eigenvalue weighted by Gasteiger charge is -2.16. The molecule has 0 aliphatic heterocycles. The molecule has 0 bridgehead atoms. The van der Waals surface area contributed by atoms with Gasteiger partial charge in [0.1, 0.15) is 5.75 Å². The number of methoxy groups -OCH3 is 1. The first-order valence-corrected chi connectivity index (χ1v) is 5.60. The number of aryl methyl sites for hydroxylation is 1. The predicted octanol–water partition coefficient (Wildman–Crippen LogP) is 3.27. The van der Waals surface area contributed by atoms with Gasteiger partial charge in [-0.2, -0.15) is 0 Å². The smallest absolute Gasteiger partial charge is 0.122 e. The van der Waals surface area contributed by atoms with E-state index >= 15 is 0 Å². The van der Waals surface area contributed by atoms with Crippen LogP contribution in [0.4, 0.5) is 5.69 Å². The molecule has 1 aromatic rings. The Morgan fingerprint density at radius 3 is 2.47 bits per heavy atom. The predicted molar refractivity (Wildman–Crippen MR) is 66.4 cm³/mol. The highest BCUT2D eigenvalue weighted by Crippen LogP contribution is 2.30. The van der Waals surface area contributed by atoms with Crippen molar-refractivity contribution >= 4 is 17.3 Å². The van der Waals surface area contributed by atoms with E-state index in [4.69, 9.17) is 16.3 Å². The molecule has 0 unspecified atom stereocenters. The van der Waals surface area contributed by atoms with E-state index in [-0.39, 0.29) is 0 Å². The SMILES string of the molecule is COc1cc(C)c(NCCCl)c(C)c1C. The molecule has 2 nitrogen and oxygen atoms in total. The second kappa shape index (κ2) is 5.26. The van der Waals surface area contributed by atoms with Crippen molar-refractivity contribution in [3.8, 4) is 5.75 Å². The van der Waals surface area contributed by atoms with E-state index in [9.17, 15) is 0 Å². The Morgan fingerprint density at radius 2 is 1.93 bits per heavy atom. The van der Waals surface area contributed by atoms with E-state index in [0.29, 0.717) is 5.88 Å². The molecule has 0 atom stereocenters. The number of halogens is 1. The number of nitrogens with one attached hydrogen (secondary N) is 1. The number of alkyl halides is 1. The van der Waals surface area contributed by atoms with E-state index in [1.165, 1.54) is 22.4 Å². The summed E-state index contributed by atoms with van der Waals surface area (Å²) in [5.74, 6) is 1.56. The number of ether oxygens (including phenoxy) is 1. The standard InChI is InChI=1S/C12H18ClNO/c1-8-7-11(15-4)9(2)10(3)12(8)14-6-5-13/h7,14H,5-6H2,1-4H3. The van der Waals surface area contributed by atoms with E-state index in [1.54, 1.807) is 7.11 Å². The third-order valence-corrected chi connectivity index (χ3v) is 2.85. The third-order valence-electron chi connectivity index (χ3n) is 2.67. The van der Waals surface area contributed by atoms with Crippen LogP contribution in [0.15, 0.2) is 6.07 Å². The molecule has 15 heavy (non-hydrogen) atoms. The molecule has 0 radical (unpaired) electrons. The number of hydrogen-bond acceptors (Lipinski definition) is 2. The fourth-order valence-corrected chi connectivity index (χ4v) is 1.80. The maximum atomic E-state index is 5.67. The van der Waals surface area contributed by atoms with Gasteiger partial charge in [-0.15, -0.1) is 11.6 Å². The van der Waals surface area contributed by atoms with Crippen LogP contribution in [0.5, 0.6) is 5.75 Å². The summed E-state index contributed by atoms with van der Waals surface area (Å²) in [4.78, 5) is 0. The lowest BCUT2D eigenvalue weighted by molar-refractivity contribution is 0.411. The van der Waals surface area contributed by atoms with Gasteiger partial charge < -0.3 is 10.1 Å². The van der Waals surface area contributed by atoms with E-state index in [1.807, 2.05) is 0 Å². The van der Waals surface area contributed by atoms with Crippen molar-refractivity contribution in [2.24, 2.45) is 0 Å². The molecule has 3 heteroatoms. The van der Waals surface area contributed by atoms with Gasteiger partial charge in [0.25, 0.3) is 0 Å². The minimum atomic E-state index is 0.615. The van der Waals surface area contributed by atoms with Crippen molar-refractivity contribution in [1.82, 2.24) is 0 Å². The van der Waals surface area contributed by atoms with Crippen LogP contribution in [0.1, 0.15) is 16.7 Å². The molecule has 1 aromatic carbocycles. The Morgan fingerprint density at radius 1 is 1.27 bits per heavy atom. The highest BCUT2D eigenvalue weighted by molar-refractivity contribution is 6.18. The summed E-state index contributed by atoms with van der Waals surface area (Å²) in [5.41, 5.74) is 4.78. The Hall–Kier alpha value is -0.890. The normalized spacial score (nSPS) is 10.2. The highest BCUT2D eigenvalue weighted by Gasteiger charge is 2.09. The van der Waals surface area contributed by atoms with Crippen molar-refractivity contribution in [1.29, 1.82) is 0 Å². The van der Waals surface area contributed by atoms with E-state index in [0.717, 1.165) is 12.3 Å². The second-order valence-electron chi connectivity index (χ2n) is 3.64. The molecule has 0 aliphatic rings. The molecule has 0 spiro atoms. The van der Waals surface area contributed by atoms with Gasteiger partial charge in [0.15, 0.2) is 0 Å². The summed E-state index contributed by atoms with van der Waals surface area (Å²) in [6.07, 6.45) is 0. The number of benzene rings is 1. The lowest BCUT2D eigenvalue weighted by atomic mass is 10.0. The molecular formula is C12H18ClNO. The molecule has 0 aromatic heterocycles. The van der Waals surface area contributed by atoms with Crippen LogP contribution in [0.25, 0.3) is 0 Å². The molecule has 84 valence electrons. The monoisotopic (exact) mass is 227 g/mol. The largest absolute Gasteiger partial charge is 0.496 e. The molecule has 0 aliphatic carbocycles. The van der Waals surface area contributed by atoms with Crippen molar-refractivity contribution in [2.45, 2.75) is 20.8 Å². The fraction of sp³-hybridized carbons (Fsp3) is 0.500. The van der Waals surface area contributed by atoms with E-state index < -0.39 is 0 Å². The van der Waals surface area contributed by atoms with Crippen molar-refractivity contribution < 1.29 is 4.74 Å². The molecule has 0 fully saturated rings. The van der Waals surface area contributed by atoms with Crippen LogP contribution >= 0.6 is 11.6 Å². The van der Waals surface area contributed by atoms with Crippen LogP contribution in [0.3, 0.4) is 0 Å². The quantitative estimate of drug-likeness (QED) is 0.798. The number of rotatable bonds is 4. The zero-order chi connectivity index (χ0) is 11.4. The lowest BCUT2D eigenvalue weighted by Crippen LogP contribution is -2.07. The van der Waals surface area contributed by atoms with Gasteiger partial charge in [-0.25, -0.2) is 0 Å². The maximum absolute atomic E-state index is 5.67. The average molecular weight is 228 g/mol. The molecular weight excluding hydrogens is 210 g/mol.